The highest BCUT2D eigenvalue weighted by Crippen LogP contribution is 2.00. The lowest BCUT2D eigenvalue weighted by atomic mass is 10.2. The van der Waals surface area contributed by atoms with E-state index in [0.29, 0.717) is 0 Å². The number of rotatable bonds is 8. The lowest BCUT2D eigenvalue weighted by molar-refractivity contribution is 0.126. The Morgan fingerprint density at radius 3 is 2.06 bits per heavy atom. The van der Waals surface area contributed by atoms with E-state index in [9.17, 15) is 0 Å². The third-order valence-electron chi connectivity index (χ3n) is 3.49. The van der Waals surface area contributed by atoms with Gasteiger partial charge >= 0.3 is 0 Å². The van der Waals surface area contributed by atoms with E-state index in [2.05, 4.69) is 48.0 Å². The minimum absolute atomic E-state index is 0.757. The van der Waals surface area contributed by atoms with Gasteiger partial charge in [-0.05, 0) is 26.6 Å². The van der Waals surface area contributed by atoms with Crippen molar-refractivity contribution in [1.82, 2.24) is 20.0 Å². The van der Waals surface area contributed by atoms with Crippen molar-refractivity contribution in [2.45, 2.75) is 13.8 Å². The topological polar surface area (TPSA) is 21.8 Å². The van der Waals surface area contributed by atoms with Gasteiger partial charge in [-0.25, -0.2) is 0 Å². The third kappa shape index (κ3) is 7.31. The van der Waals surface area contributed by atoms with E-state index in [-0.39, 0.29) is 0 Å². The molecule has 4 heteroatoms. The first-order valence-electron chi connectivity index (χ1n) is 7.38. The molecule has 1 heterocycles. The Morgan fingerprint density at radius 1 is 1.00 bits per heavy atom. The molecule has 0 aliphatic carbocycles. The smallest absolute Gasteiger partial charge is 0.0110 e. The normalized spacial score (nSPS) is 19.0. The van der Waals surface area contributed by atoms with Gasteiger partial charge in [0.15, 0.2) is 0 Å². The Kier molecular flexibility index (Phi) is 7.82. The number of nitrogens with one attached hydrogen (secondary N) is 1. The van der Waals surface area contributed by atoms with Crippen LogP contribution < -0.4 is 5.32 Å². The SMILES string of the molecule is CC(C)CNCCN1CCN(CCN(C)C)CC1. The first-order chi connectivity index (χ1) is 8.58. The average Bonchev–Trinajstić information content (AvgIpc) is 2.33. The van der Waals surface area contributed by atoms with Crippen molar-refractivity contribution in [3.8, 4) is 0 Å². The Hall–Kier alpha value is -0.160. The minimum Gasteiger partial charge on any atom is -0.315 e. The van der Waals surface area contributed by atoms with Crippen molar-refractivity contribution in [3.63, 3.8) is 0 Å². The van der Waals surface area contributed by atoms with Gasteiger partial charge in [0, 0.05) is 52.4 Å². The van der Waals surface area contributed by atoms with E-state index in [4.69, 9.17) is 0 Å². The van der Waals surface area contributed by atoms with Gasteiger partial charge in [0.25, 0.3) is 0 Å². The predicted molar refractivity (Wildman–Crippen MR) is 79.1 cm³/mol. The van der Waals surface area contributed by atoms with Crippen LogP contribution in [0.5, 0.6) is 0 Å². The number of hydrogen-bond acceptors (Lipinski definition) is 4. The summed E-state index contributed by atoms with van der Waals surface area (Å²) < 4.78 is 0. The van der Waals surface area contributed by atoms with E-state index >= 15 is 0 Å². The van der Waals surface area contributed by atoms with Gasteiger partial charge in [-0.2, -0.15) is 0 Å². The molecule has 1 rings (SSSR count). The van der Waals surface area contributed by atoms with E-state index in [0.717, 1.165) is 19.0 Å². The Bertz CT molecular complexity index is 198. The van der Waals surface area contributed by atoms with Crippen molar-refractivity contribution in [3.05, 3.63) is 0 Å². The zero-order valence-electron chi connectivity index (χ0n) is 12.8. The highest BCUT2D eigenvalue weighted by atomic mass is 15.3. The quantitative estimate of drug-likeness (QED) is 0.635. The largest absolute Gasteiger partial charge is 0.315 e. The zero-order valence-corrected chi connectivity index (χ0v) is 12.8. The summed E-state index contributed by atoms with van der Waals surface area (Å²) in [6, 6.07) is 0. The first kappa shape index (κ1) is 15.9. The molecule has 4 nitrogen and oxygen atoms in total. The molecule has 1 aliphatic rings. The number of likely N-dealkylation sites (N-methyl/N-ethyl adjacent to an activating group) is 1. The Labute approximate surface area is 113 Å². The summed E-state index contributed by atoms with van der Waals surface area (Å²) in [6.07, 6.45) is 0. The summed E-state index contributed by atoms with van der Waals surface area (Å²) >= 11 is 0. The van der Waals surface area contributed by atoms with Crippen molar-refractivity contribution in [2.75, 3.05) is 73.0 Å². The van der Waals surface area contributed by atoms with Crippen molar-refractivity contribution < 1.29 is 0 Å². The molecular weight excluding hydrogens is 224 g/mol. The average molecular weight is 256 g/mol. The lowest BCUT2D eigenvalue weighted by Crippen LogP contribution is -2.49. The molecule has 108 valence electrons. The van der Waals surface area contributed by atoms with Crippen LogP contribution in [0.4, 0.5) is 0 Å². The first-order valence-corrected chi connectivity index (χ1v) is 7.38. The van der Waals surface area contributed by atoms with Crippen LogP contribution >= 0.6 is 0 Å². The molecular formula is C14H32N4. The second kappa shape index (κ2) is 8.86. The molecule has 0 atom stereocenters. The fraction of sp³-hybridized carbons (Fsp3) is 1.00. The van der Waals surface area contributed by atoms with E-state index in [1.807, 2.05) is 0 Å². The van der Waals surface area contributed by atoms with Gasteiger partial charge in [0.05, 0.1) is 0 Å². The van der Waals surface area contributed by atoms with Crippen LogP contribution in [-0.2, 0) is 0 Å². The van der Waals surface area contributed by atoms with E-state index in [1.54, 1.807) is 0 Å². The summed E-state index contributed by atoms with van der Waals surface area (Å²) in [7, 11) is 4.30. The maximum absolute atomic E-state index is 3.52. The molecule has 0 aromatic carbocycles. The monoisotopic (exact) mass is 256 g/mol. The van der Waals surface area contributed by atoms with Gasteiger partial charge in [-0.15, -0.1) is 0 Å². The summed E-state index contributed by atoms with van der Waals surface area (Å²) in [4.78, 5) is 7.43. The molecule has 0 radical (unpaired) electrons. The second-order valence-corrected chi connectivity index (χ2v) is 6.08. The number of hydrogen-bond donors (Lipinski definition) is 1. The molecule has 1 N–H and O–H groups in total. The van der Waals surface area contributed by atoms with Crippen LogP contribution in [-0.4, -0.2) is 87.7 Å². The maximum Gasteiger partial charge on any atom is 0.0110 e. The summed E-state index contributed by atoms with van der Waals surface area (Å²) in [5.41, 5.74) is 0. The highest BCUT2D eigenvalue weighted by molar-refractivity contribution is 4.73. The summed E-state index contributed by atoms with van der Waals surface area (Å²) in [5, 5.41) is 3.52. The highest BCUT2D eigenvalue weighted by Gasteiger charge is 2.15. The molecule has 0 spiro atoms. The molecule has 1 saturated heterocycles. The van der Waals surface area contributed by atoms with Crippen LogP contribution in [0.15, 0.2) is 0 Å². The van der Waals surface area contributed by atoms with Crippen LogP contribution in [0.25, 0.3) is 0 Å². The summed E-state index contributed by atoms with van der Waals surface area (Å²) in [6.45, 7) is 15.3. The molecule has 1 aliphatic heterocycles. The van der Waals surface area contributed by atoms with Gasteiger partial charge < -0.3 is 10.2 Å². The Balaban J connectivity index is 2.01. The van der Waals surface area contributed by atoms with Gasteiger partial charge in [0.1, 0.15) is 0 Å². The van der Waals surface area contributed by atoms with Crippen LogP contribution in [0.3, 0.4) is 0 Å². The third-order valence-corrected chi connectivity index (χ3v) is 3.49. The Morgan fingerprint density at radius 2 is 1.56 bits per heavy atom. The maximum atomic E-state index is 3.52. The van der Waals surface area contributed by atoms with Crippen LogP contribution in [0.1, 0.15) is 13.8 Å². The van der Waals surface area contributed by atoms with E-state index in [1.165, 1.54) is 45.8 Å². The number of piperazine rings is 1. The number of nitrogens with zero attached hydrogens (tertiary/aromatic N) is 3. The van der Waals surface area contributed by atoms with Crippen molar-refractivity contribution in [2.24, 2.45) is 5.92 Å². The molecule has 0 aromatic heterocycles. The molecule has 0 saturated carbocycles. The summed E-state index contributed by atoms with van der Waals surface area (Å²) in [5.74, 6) is 0.757. The van der Waals surface area contributed by atoms with Gasteiger partial charge in [-0.1, -0.05) is 13.8 Å². The van der Waals surface area contributed by atoms with Crippen molar-refractivity contribution in [1.29, 1.82) is 0 Å². The second-order valence-electron chi connectivity index (χ2n) is 6.08. The van der Waals surface area contributed by atoms with Crippen LogP contribution in [0.2, 0.25) is 0 Å². The molecule has 0 bridgehead atoms. The van der Waals surface area contributed by atoms with Crippen LogP contribution in [0, 0.1) is 5.92 Å². The molecule has 1 fully saturated rings. The molecule has 18 heavy (non-hydrogen) atoms. The van der Waals surface area contributed by atoms with E-state index < -0.39 is 0 Å². The fourth-order valence-corrected chi connectivity index (χ4v) is 2.21. The standard InChI is InChI=1S/C14H32N4/c1-14(2)13-15-5-6-17-9-11-18(12-10-17)8-7-16(3)4/h14-15H,5-13H2,1-4H3. The van der Waals surface area contributed by atoms with Gasteiger partial charge in [0.2, 0.25) is 0 Å². The fourth-order valence-electron chi connectivity index (χ4n) is 2.21. The lowest BCUT2D eigenvalue weighted by Gasteiger charge is -2.35. The minimum atomic E-state index is 0.757. The molecule has 0 aromatic rings. The zero-order chi connectivity index (χ0) is 13.4. The van der Waals surface area contributed by atoms with Gasteiger partial charge in [-0.3, -0.25) is 9.80 Å². The molecule has 0 unspecified atom stereocenters. The van der Waals surface area contributed by atoms with Crippen molar-refractivity contribution >= 4 is 0 Å². The predicted octanol–water partition coefficient (Wildman–Crippen LogP) is 0.411. The molecule has 0 amide bonds.